The molecule has 2 aliphatic heterocycles. The Hall–Kier alpha value is -1.79. The maximum Gasteiger partial charge on any atom is 0.238 e. The molecule has 1 amide bonds. The fourth-order valence-electron chi connectivity index (χ4n) is 3.00. The zero-order chi connectivity index (χ0) is 17.2. The Labute approximate surface area is 143 Å². The van der Waals surface area contributed by atoms with Crippen molar-refractivity contribution in [2.75, 3.05) is 31.8 Å². The first-order valence-electron chi connectivity index (χ1n) is 8.48. The summed E-state index contributed by atoms with van der Waals surface area (Å²) in [4.78, 5) is 14.6. The molecule has 0 aromatic heterocycles. The topological polar surface area (TPSA) is 60.0 Å². The summed E-state index contributed by atoms with van der Waals surface area (Å²) in [6.07, 6.45) is 2.18. The van der Waals surface area contributed by atoms with Crippen LogP contribution >= 0.6 is 0 Å². The van der Waals surface area contributed by atoms with Crippen LogP contribution in [0.3, 0.4) is 0 Å². The van der Waals surface area contributed by atoms with Gasteiger partial charge >= 0.3 is 0 Å². The summed E-state index contributed by atoms with van der Waals surface area (Å²) < 4.78 is 16.5. The van der Waals surface area contributed by atoms with E-state index in [-0.39, 0.29) is 18.3 Å². The Kier molecular flexibility index (Phi) is 4.96. The number of anilines is 1. The zero-order valence-corrected chi connectivity index (χ0v) is 14.6. The molecule has 1 fully saturated rings. The van der Waals surface area contributed by atoms with Gasteiger partial charge in [0, 0.05) is 17.8 Å². The molecular weight excluding hydrogens is 308 g/mol. The molecule has 3 rings (SSSR count). The summed E-state index contributed by atoms with van der Waals surface area (Å²) in [6, 6.07) is 5.75. The quantitative estimate of drug-likeness (QED) is 0.897. The Morgan fingerprint density at radius 3 is 2.92 bits per heavy atom. The van der Waals surface area contributed by atoms with Crippen molar-refractivity contribution in [3.8, 4) is 11.5 Å². The lowest BCUT2D eigenvalue weighted by Crippen LogP contribution is -2.40. The molecule has 0 saturated carbocycles. The number of amides is 1. The molecule has 0 unspecified atom stereocenters. The summed E-state index contributed by atoms with van der Waals surface area (Å²) in [5.41, 5.74) is 0.578. The summed E-state index contributed by atoms with van der Waals surface area (Å²) in [5, 5.41) is 2.93. The number of benzene rings is 1. The summed E-state index contributed by atoms with van der Waals surface area (Å²) >= 11 is 0. The smallest absolute Gasteiger partial charge is 0.238 e. The lowest BCUT2D eigenvalue weighted by atomic mass is 10.2. The van der Waals surface area contributed by atoms with Crippen LogP contribution in [-0.4, -0.2) is 48.9 Å². The second-order valence-corrected chi connectivity index (χ2v) is 7.31. The highest BCUT2D eigenvalue weighted by atomic mass is 16.7. The van der Waals surface area contributed by atoms with Gasteiger partial charge in [-0.3, -0.25) is 9.69 Å². The summed E-state index contributed by atoms with van der Waals surface area (Å²) in [6.45, 7) is 8.38. The minimum atomic E-state index is -0.150. The SMILES string of the molecule is CC(C)(C)OC[C@H]1CCCN1CC(=O)Nc1ccc2c(c1)OCO2. The lowest BCUT2D eigenvalue weighted by molar-refractivity contribution is -0.118. The van der Waals surface area contributed by atoms with Crippen molar-refractivity contribution in [1.29, 1.82) is 0 Å². The van der Waals surface area contributed by atoms with E-state index in [1.807, 2.05) is 12.1 Å². The Morgan fingerprint density at radius 1 is 1.33 bits per heavy atom. The van der Waals surface area contributed by atoms with Crippen molar-refractivity contribution in [2.24, 2.45) is 0 Å². The standard InChI is InChI=1S/C18H26N2O4/c1-18(2,3)24-11-14-5-4-8-20(14)10-17(21)19-13-6-7-15-16(9-13)23-12-22-15/h6-7,9,14H,4-5,8,10-12H2,1-3H3,(H,19,21)/t14-/m1/s1. The fraction of sp³-hybridized carbons (Fsp3) is 0.611. The molecule has 132 valence electrons. The van der Waals surface area contributed by atoms with E-state index in [0.29, 0.717) is 30.7 Å². The molecule has 0 radical (unpaired) electrons. The van der Waals surface area contributed by atoms with Gasteiger partial charge in [0.1, 0.15) is 0 Å². The van der Waals surface area contributed by atoms with Crippen LogP contribution in [0.2, 0.25) is 0 Å². The van der Waals surface area contributed by atoms with Gasteiger partial charge < -0.3 is 19.5 Å². The highest BCUT2D eigenvalue weighted by molar-refractivity contribution is 5.92. The molecule has 6 heteroatoms. The van der Waals surface area contributed by atoms with Gasteiger partial charge in [-0.15, -0.1) is 0 Å². The van der Waals surface area contributed by atoms with E-state index < -0.39 is 0 Å². The second kappa shape index (κ2) is 6.99. The first-order valence-corrected chi connectivity index (χ1v) is 8.48. The monoisotopic (exact) mass is 334 g/mol. The van der Waals surface area contributed by atoms with Crippen LogP contribution < -0.4 is 14.8 Å². The summed E-state index contributed by atoms with van der Waals surface area (Å²) in [5.74, 6) is 1.37. The van der Waals surface area contributed by atoms with Crippen LogP contribution in [0.25, 0.3) is 0 Å². The zero-order valence-electron chi connectivity index (χ0n) is 14.6. The molecule has 2 heterocycles. The minimum Gasteiger partial charge on any atom is -0.454 e. The number of hydrogen-bond acceptors (Lipinski definition) is 5. The first kappa shape index (κ1) is 17.0. The average Bonchev–Trinajstić information content (AvgIpc) is 3.12. The van der Waals surface area contributed by atoms with Gasteiger partial charge in [0.15, 0.2) is 11.5 Å². The number of hydrogen-bond donors (Lipinski definition) is 1. The second-order valence-electron chi connectivity index (χ2n) is 7.31. The van der Waals surface area contributed by atoms with E-state index in [4.69, 9.17) is 14.2 Å². The van der Waals surface area contributed by atoms with Crippen molar-refractivity contribution in [3.63, 3.8) is 0 Å². The number of carbonyl (C=O) groups is 1. The maximum absolute atomic E-state index is 12.3. The van der Waals surface area contributed by atoms with Crippen LogP contribution in [0, 0.1) is 0 Å². The highest BCUT2D eigenvalue weighted by Crippen LogP contribution is 2.34. The van der Waals surface area contributed by atoms with E-state index >= 15 is 0 Å². The number of fused-ring (bicyclic) bond motifs is 1. The molecular formula is C18H26N2O4. The van der Waals surface area contributed by atoms with Gasteiger partial charge in [0.2, 0.25) is 12.7 Å². The van der Waals surface area contributed by atoms with E-state index in [9.17, 15) is 4.79 Å². The Balaban J connectivity index is 1.52. The van der Waals surface area contributed by atoms with Crippen LogP contribution in [0.1, 0.15) is 33.6 Å². The molecule has 1 saturated heterocycles. The van der Waals surface area contributed by atoms with Crippen molar-refractivity contribution < 1.29 is 19.0 Å². The van der Waals surface area contributed by atoms with Crippen LogP contribution in [-0.2, 0) is 9.53 Å². The molecule has 1 aromatic carbocycles. The van der Waals surface area contributed by atoms with Crippen LogP contribution in [0.4, 0.5) is 5.69 Å². The number of rotatable bonds is 5. The third kappa shape index (κ3) is 4.39. The molecule has 6 nitrogen and oxygen atoms in total. The van der Waals surface area contributed by atoms with Gasteiger partial charge in [-0.1, -0.05) is 0 Å². The average molecular weight is 334 g/mol. The predicted octanol–water partition coefficient (Wildman–Crippen LogP) is 2.63. The molecule has 0 aliphatic carbocycles. The molecule has 1 atom stereocenters. The molecule has 0 spiro atoms. The molecule has 1 N–H and O–H groups in total. The molecule has 24 heavy (non-hydrogen) atoms. The maximum atomic E-state index is 12.3. The van der Waals surface area contributed by atoms with Crippen molar-refractivity contribution >= 4 is 11.6 Å². The van der Waals surface area contributed by atoms with Gasteiger partial charge in [-0.25, -0.2) is 0 Å². The predicted molar refractivity (Wildman–Crippen MR) is 91.5 cm³/mol. The van der Waals surface area contributed by atoms with Gasteiger partial charge in [0.05, 0.1) is 18.8 Å². The molecule has 1 aromatic rings. The Bertz CT molecular complexity index is 597. The minimum absolute atomic E-state index is 0.0171. The Morgan fingerprint density at radius 2 is 2.12 bits per heavy atom. The number of ether oxygens (including phenoxy) is 3. The first-order chi connectivity index (χ1) is 11.4. The van der Waals surface area contributed by atoms with Crippen molar-refractivity contribution in [3.05, 3.63) is 18.2 Å². The number of carbonyl (C=O) groups excluding carboxylic acids is 1. The van der Waals surface area contributed by atoms with Gasteiger partial charge in [0.25, 0.3) is 0 Å². The van der Waals surface area contributed by atoms with Crippen LogP contribution in [0.15, 0.2) is 18.2 Å². The highest BCUT2D eigenvalue weighted by Gasteiger charge is 2.28. The van der Waals surface area contributed by atoms with E-state index in [1.165, 1.54) is 0 Å². The van der Waals surface area contributed by atoms with Crippen LogP contribution in [0.5, 0.6) is 11.5 Å². The number of likely N-dealkylation sites (tertiary alicyclic amines) is 1. The molecule has 2 aliphatic rings. The normalized spacial score (nSPS) is 20.4. The lowest BCUT2D eigenvalue weighted by Gasteiger charge is -2.27. The fourth-order valence-corrected chi connectivity index (χ4v) is 3.00. The van der Waals surface area contributed by atoms with Gasteiger partial charge in [-0.05, 0) is 52.3 Å². The van der Waals surface area contributed by atoms with Crippen molar-refractivity contribution in [2.45, 2.75) is 45.3 Å². The van der Waals surface area contributed by atoms with Crippen molar-refractivity contribution in [1.82, 2.24) is 4.90 Å². The number of nitrogens with one attached hydrogen (secondary N) is 1. The van der Waals surface area contributed by atoms with E-state index in [0.717, 1.165) is 25.1 Å². The third-order valence-corrected chi connectivity index (χ3v) is 4.21. The third-order valence-electron chi connectivity index (χ3n) is 4.21. The van der Waals surface area contributed by atoms with E-state index in [2.05, 4.69) is 31.0 Å². The summed E-state index contributed by atoms with van der Waals surface area (Å²) in [7, 11) is 0. The van der Waals surface area contributed by atoms with E-state index in [1.54, 1.807) is 6.07 Å². The van der Waals surface area contributed by atoms with Gasteiger partial charge in [-0.2, -0.15) is 0 Å². The molecule has 0 bridgehead atoms. The largest absolute Gasteiger partial charge is 0.454 e. The number of nitrogens with zero attached hydrogens (tertiary/aromatic N) is 1.